The summed E-state index contributed by atoms with van der Waals surface area (Å²) in [6.45, 7) is 3.02. The van der Waals surface area contributed by atoms with E-state index in [1.54, 1.807) is 24.4 Å². The van der Waals surface area contributed by atoms with Gasteiger partial charge in [0.25, 0.3) is 5.69 Å². The lowest BCUT2D eigenvalue weighted by atomic mass is 10.2. The summed E-state index contributed by atoms with van der Waals surface area (Å²) in [5.74, 6) is 0.934. The third kappa shape index (κ3) is 4.41. The molecule has 0 bridgehead atoms. The molecule has 2 rings (SSSR count). The van der Waals surface area contributed by atoms with Crippen molar-refractivity contribution in [3.8, 4) is 5.88 Å². The van der Waals surface area contributed by atoms with Crippen molar-refractivity contribution >= 4 is 11.6 Å². The van der Waals surface area contributed by atoms with Crippen LogP contribution >= 0.6 is 0 Å². The molecule has 0 saturated carbocycles. The van der Waals surface area contributed by atoms with Crippen molar-refractivity contribution in [3.63, 3.8) is 0 Å². The number of hydrogen-bond acceptors (Lipinski definition) is 6. The van der Waals surface area contributed by atoms with E-state index in [9.17, 15) is 10.1 Å². The third-order valence-corrected chi connectivity index (χ3v) is 2.66. The van der Waals surface area contributed by atoms with Crippen molar-refractivity contribution in [2.75, 3.05) is 11.9 Å². The first-order chi connectivity index (χ1) is 10.2. The van der Waals surface area contributed by atoms with Crippen molar-refractivity contribution in [2.45, 2.75) is 19.9 Å². The molecule has 1 aromatic heterocycles. The first-order valence-electron chi connectivity index (χ1n) is 6.62. The van der Waals surface area contributed by atoms with Crippen LogP contribution in [-0.2, 0) is 6.54 Å². The van der Waals surface area contributed by atoms with Crippen molar-refractivity contribution in [1.29, 1.82) is 0 Å². The van der Waals surface area contributed by atoms with Gasteiger partial charge in [0.2, 0.25) is 11.8 Å². The molecule has 0 aliphatic carbocycles. The minimum atomic E-state index is -0.417. The van der Waals surface area contributed by atoms with Crippen LogP contribution in [0.1, 0.15) is 18.9 Å². The molecule has 7 heteroatoms. The Balaban J connectivity index is 1.99. The largest absolute Gasteiger partial charge is 0.478 e. The molecule has 7 nitrogen and oxygen atoms in total. The van der Waals surface area contributed by atoms with E-state index in [2.05, 4.69) is 15.3 Å². The molecule has 110 valence electrons. The van der Waals surface area contributed by atoms with Gasteiger partial charge in [-0.3, -0.25) is 10.1 Å². The maximum absolute atomic E-state index is 10.7. The number of nitro benzene ring substituents is 1. The van der Waals surface area contributed by atoms with E-state index >= 15 is 0 Å². The molecule has 0 fully saturated rings. The van der Waals surface area contributed by atoms with E-state index in [-0.39, 0.29) is 5.69 Å². The fraction of sp³-hybridized carbons (Fsp3) is 0.286. The van der Waals surface area contributed by atoms with E-state index in [1.165, 1.54) is 12.1 Å². The lowest BCUT2D eigenvalue weighted by molar-refractivity contribution is -0.384. The van der Waals surface area contributed by atoms with E-state index in [4.69, 9.17) is 4.74 Å². The summed E-state index contributed by atoms with van der Waals surface area (Å²) in [5, 5.41) is 13.7. The number of hydrogen-bond donors (Lipinski definition) is 1. The monoisotopic (exact) mass is 288 g/mol. The van der Waals surface area contributed by atoms with Gasteiger partial charge in [-0.15, -0.1) is 0 Å². The molecule has 0 spiro atoms. The SMILES string of the molecule is CCCOc1ccnc(NCc2cccc([N+](=O)[O-])c2)n1. The predicted octanol–water partition coefficient (Wildman–Crippen LogP) is 2.79. The predicted molar refractivity (Wildman–Crippen MR) is 78.2 cm³/mol. The summed E-state index contributed by atoms with van der Waals surface area (Å²) < 4.78 is 5.42. The standard InChI is InChI=1S/C14H16N4O3/c1-2-8-21-13-6-7-15-14(17-13)16-10-11-4-3-5-12(9-11)18(19)20/h3-7,9H,2,8,10H2,1H3,(H,15,16,17). The summed E-state index contributed by atoms with van der Waals surface area (Å²) in [6, 6.07) is 8.12. The zero-order chi connectivity index (χ0) is 15.1. The second kappa shape index (κ2) is 7.18. The van der Waals surface area contributed by atoms with Gasteiger partial charge in [-0.2, -0.15) is 4.98 Å². The first kappa shape index (κ1) is 14.7. The van der Waals surface area contributed by atoms with Crippen LogP contribution in [0.4, 0.5) is 11.6 Å². The molecule has 0 aliphatic heterocycles. The Labute approximate surface area is 122 Å². The summed E-state index contributed by atoms with van der Waals surface area (Å²) in [7, 11) is 0. The number of nitrogens with zero attached hydrogens (tertiary/aromatic N) is 3. The van der Waals surface area contributed by atoms with Gasteiger partial charge in [-0.1, -0.05) is 19.1 Å². The summed E-state index contributed by atoms with van der Waals surface area (Å²) in [5.41, 5.74) is 0.850. The number of non-ortho nitro benzene ring substituents is 1. The molecule has 0 radical (unpaired) electrons. The number of anilines is 1. The smallest absolute Gasteiger partial charge is 0.269 e. The molecule has 21 heavy (non-hydrogen) atoms. The first-order valence-corrected chi connectivity index (χ1v) is 6.62. The molecule has 1 N–H and O–H groups in total. The van der Waals surface area contributed by atoms with Gasteiger partial charge in [0.05, 0.1) is 11.5 Å². The van der Waals surface area contributed by atoms with Crippen molar-refractivity contribution in [1.82, 2.24) is 9.97 Å². The Kier molecular flexibility index (Phi) is 5.03. The highest BCUT2D eigenvalue weighted by atomic mass is 16.6. The second-order valence-corrected chi connectivity index (χ2v) is 4.35. The Bertz CT molecular complexity index is 619. The van der Waals surface area contributed by atoms with Gasteiger partial charge in [-0.25, -0.2) is 4.98 Å². The number of rotatable bonds is 7. The zero-order valence-electron chi connectivity index (χ0n) is 11.7. The lowest BCUT2D eigenvalue weighted by Crippen LogP contribution is -2.05. The average molecular weight is 288 g/mol. The topological polar surface area (TPSA) is 90.2 Å². The van der Waals surface area contributed by atoms with Crippen molar-refractivity contribution in [3.05, 3.63) is 52.2 Å². The van der Waals surface area contributed by atoms with Crippen LogP contribution in [0.3, 0.4) is 0 Å². The summed E-state index contributed by atoms with van der Waals surface area (Å²) in [4.78, 5) is 18.6. The highest BCUT2D eigenvalue weighted by Crippen LogP contribution is 2.14. The lowest BCUT2D eigenvalue weighted by Gasteiger charge is -2.07. The van der Waals surface area contributed by atoms with Crippen LogP contribution in [0.15, 0.2) is 36.5 Å². The molecular weight excluding hydrogens is 272 g/mol. The Morgan fingerprint density at radius 3 is 3.00 bits per heavy atom. The van der Waals surface area contributed by atoms with E-state index in [0.717, 1.165) is 12.0 Å². The van der Waals surface area contributed by atoms with Gasteiger partial charge in [0.1, 0.15) is 0 Å². The minimum Gasteiger partial charge on any atom is -0.478 e. The Morgan fingerprint density at radius 1 is 1.38 bits per heavy atom. The van der Waals surface area contributed by atoms with Crippen LogP contribution in [-0.4, -0.2) is 21.5 Å². The van der Waals surface area contributed by atoms with Gasteiger partial charge in [0, 0.05) is 30.9 Å². The van der Waals surface area contributed by atoms with Crippen LogP contribution in [0.25, 0.3) is 0 Å². The third-order valence-electron chi connectivity index (χ3n) is 2.66. The maximum Gasteiger partial charge on any atom is 0.269 e. The molecule has 0 aliphatic rings. The fourth-order valence-corrected chi connectivity index (χ4v) is 1.68. The molecule has 1 heterocycles. The van der Waals surface area contributed by atoms with E-state index in [1.807, 2.05) is 6.92 Å². The van der Waals surface area contributed by atoms with Crippen LogP contribution in [0.5, 0.6) is 5.88 Å². The molecule has 2 aromatic rings. The average Bonchev–Trinajstić information content (AvgIpc) is 2.51. The number of nitrogens with one attached hydrogen (secondary N) is 1. The van der Waals surface area contributed by atoms with Gasteiger partial charge >= 0.3 is 0 Å². The molecule has 0 saturated heterocycles. The molecule has 0 unspecified atom stereocenters. The van der Waals surface area contributed by atoms with Gasteiger partial charge < -0.3 is 10.1 Å². The van der Waals surface area contributed by atoms with Crippen molar-refractivity contribution < 1.29 is 9.66 Å². The number of benzene rings is 1. The number of ether oxygens (including phenoxy) is 1. The minimum absolute atomic E-state index is 0.0650. The number of aromatic nitrogens is 2. The highest BCUT2D eigenvalue weighted by molar-refractivity contribution is 5.36. The van der Waals surface area contributed by atoms with Crippen LogP contribution in [0.2, 0.25) is 0 Å². The molecular formula is C14H16N4O3. The molecule has 1 aromatic carbocycles. The van der Waals surface area contributed by atoms with Crippen molar-refractivity contribution in [2.24, 2.45) is 0 Å². The maximum atomic E-state index is 10.7. The van der Waals surface area contributed by atoms with Crippen LogP contribution < -0.4 is 10.1 Å². The second-order valence-electron chi connectivity index (χ2n) is 4.35. The summed E-state index contributed by atoms with van der Waals surface area (Å²) >= 11 is 0. The number of nitro groups is 1. The molecule has 0 atom stereocenters. The normalized spacial score (nSPS) is 10.1. The zero-order valence-corrected chi connectivity index (χ0v) is 11.7. The molecule has 0 amide bonds. The summed E-state index contributed by atoms with van der Waals surface area (Å²) in [6.07, 6.45) is 2.51. The van der Waals surface area contributed by atoms with Gasteiger partial charge in [-0.05, 0) is 12.0 Å². The Hall–Kier alpha value is -2.70. The van der Waals surface area contributed by atoms with Gasteiger partial charge in [0.15, 0.2) is 0 Å². The highest BCUT2D eigenvalue weighted by Gasteiger charge is 2.06. The van der Waals surface area contributed by atoms with E-state index < -0.39 is 4.92 Å². The Morgan fingerprint density at radius 2 is 2.24 bits per heavy atom. The van der Waals surface area contributed by atoms with E-state index in [0.29, 0.717) is 25.0 Å². The van der Waals surface area contributed by atoms with Crippen LogP contribution in [0, 0.1) is 10.1 Å². The quantitative estimate of drug-likeness (QED) is 0.622. The fourth-order valence-electron chi connectivity index (χ4n) is 1.68.